The highest BCUT2D eigenvalue weighted by molar-refractivity contribution is 5.17. The fourth-order valence-corrected chi connectivity index (χ4v) is 3.61. The molecule has 2 fully saturated rings. The van der Waals surface area contributed by atoms with Gasteiger partial charge in [-0.15, -0.1) is 0 Å². The highest BCUT2D eigenvalue weighted by Crippen LogP contribution is 2.54. The van der Waals surface area contributed by atoms with Crippen molar-refractivity contribution in [2.45, 2.75) is 40.7 Å². The molecule has 1 nitrogen and oxygen atoms in total. The molecule has 0 N–H and O–H groups in total. The van der Waals surface area contributed by atoms with Gasteiger partial charge < -0.3 is 0 Å². The smallest absolute Gasteiger partial charge is 0.123 e. The van der Waals surface area contributed by atoms with Gasteiger partial charge in [0.15, 0.2) is 0 Å². The van der Waals surface area contributed by atoms with Crippen molar-refractivity contribution < 1.29 is 4.39 Å². The maximum absolute atomic E-state index is 12.8. The Bertz CT molecular complexity index is 400. The molecule has 0 aromatic heterocycles. The molecule has 0 radical (unpaired) electrons. The van der Waals surface area contributed by atoms with Gasteiger partial charge in [0.05, 0.1) is 0 Å². The summed E-state index contributed by atoms with van der Waals surface area (Å²) in [5.74, 6) is 3.60. The summed E-state index contributed by atoms with van der Waals surface area (Å²) in [4.78, 5) is 2.53. The third-order valence-electron chi connectivity index (χ3n) is 4.51. The molecule has 0 amide bonds. The van der Waals surface area contributed by atoms with Crippen LogP contribution in [0.2, 0.25) is 0 Å². The van der Waals surface area contributed by atoms with Gasteiger partial charge in [-0.1, -0.05) is 39.8 Å². The molecule has 112 valence electrons. The predicted octanol–water partition coefficient (Wildman–Crippen LogP) is 4.58. The van der Waals surface area contributed by atoms with Crippen LogP contribution >= 0.6 is 0 Å². The Morgan fingerprint density at radius 1 is 1.10 bits per heavy atom. The fraction of sp³-hybridized carbons (Fsp3) is 0.667. The first kappa shape index (κ1) is 15.5. The fourth-order valence-electron chi connectivity index (χ4n) is 3.61. The highest BCUT2D eigenvalue weighted by Gasteiger charge is 2.54. The first-order valence-electron chi connectivity index (χ1n) is 8.10. The molecule has 1 saturated heterocycles. The van der Waals surface area contributed by atoms with Crippen molar-refractivity contribution in [2.75, 3.05) is 13.1 Å². The molecule has 0 bridgehead atoms. The summed E-state index contributed by atoms with van der Waals surface area (Å²) in [6.45, 7) is 12.1. The largest absolute Gasteiger partial charge is 0.298 e. The van der Waals surface area contributed by atoms with Gasteiger partial charge in [0, 0.05) is 19.6 Å². The van der Waals surface area contributed by atoms with Gasteiger partial charge in [0.2, 0.25) is 0 Å². The second-order valence-corrected chi connectivity index (χ2v) is 6.44. The minimum absolute atomic E-state index is 0.139. The third-order valence-corrected chi connectivity index (χ3v) is 4.51. The lowest BCUT2D eigenvalue weighted by Gasteiger charge is -2.20. The molecule has 1 aliphatic heterocycles. The SMILES string of the molecule is CC.CC(C)CC1C2CN(Cc3ccc(F)cc3)CC12. The number of fused-ring (bicyclic) bond motifs is 1. The molecule has 2 aliphatic rings. The first-order valence-corrected chi connectivity index (χ1v) is 8.10. The van der Waals surface area contributed by atoms with E-state index in [0.29, 0.717) is 0 Å². The molecule has 1 saturated carbocycles. The van der Waals surface area contributed by atoms with Gasteiger partial charge in [0.1, 0.15) is 5.82 Å². The molecule has 1 aromatic rings. The van der Waals surface area contributed by atoms with Crippen molar-refractivity contribution in [3.05, 3.63) is 35.6 Å². The molecule has 1 heterocycles. The van der Waals surface area contributed by atoms with Crippen molar-refractivity contribution >= 4 is 0 Å². The molecule has 2 unspecified atom stereocenters. The van der Waals surface area contributed by atoms with E-state index >= 15 is 0 Å². The molecule has 2 heteroatoms. The zero-order chi connectivity index (χ0) is 14.7. The Morgan fingerprint density at radius 2 is 1.65 bits per heavy atom. The van der Waals surface area contributed by atoms with E-state index in [1.54, 1.807) is 12.1 Å². The number of rotatable bonds is 4. The Labute approximate surface area is 123 Å². The molecular formula is C18H28FN. The number of piperidine rings is 1. The van der Waals surface area contributed by atoms with E-state index in [0.717, 1.165) is 30.2 Å². The highest BCUT2D eigenvalue weighted by atomic mass is 19.1. The van der Waals surface area contributed by atoms with Crippen LogP contribution < -0.4 is 0 Å². The minimum atomic E-state index is -0.139. The van der Waals surface area contributed by atoms with E-state index in [9.17, 15) is 4.39 Å². The maximum Gasteiger partial charge on any atom is 0.123 e. The lowest BCUT2D eigenvalue weighted by Crippen LogP contribution is -2.24. The summed E-state index contributed by atoms with van der Waals surface area (Å²) in [5, 5.41) is 0. The van der Waals surface area contributed by atoms with Gasteiger partial charge in [0.25, 0.3) is 0 Å². The van der Waals surface area contributed by atoms with Crippen molar-refractivity contribution in [3.8, 4) is 0 Å². The second-order valence-electron chi connectivity index (χ2n) is 6.44. The lowest BCUT2D eigenvalue weighted by molar-refractivity contribution is 0.268. The topological polar surface area (TPSA) is 3.24 Å². The summed E-state index contributed by atoms with van der Waals surface area (Å²) in [7, 11) is 0. The standard InChI is InChI=1S/C16H22FN.C2H6/c1-11(2)7-14-15-9-18(10-16(14)15)8-12-3-5-13(17)6-4-12;1-2/h3-6,11,14-16H,7-10H2,1-2H3;1-2H3. The number of hydrogen-bond acceptors (Lipinski definition) is 1. The van der Waals surface area contributed by atoms with Crippen molar-refractivity contribution in [3.63, 3.8) is 0 Å². The van der Waals surface area contributed by atoms with E-state index in [1.165, 1.54) is 25.1 Å². The van der Waals surface area contributed by atoms with Crippen molar-refractivity contribution in [2.24, 2.45) is 23.7 Å². The Hall–Kier alpha value is -0.890. The average Bonchev–Trinajstić information content (AvgIpc) is 2.88. The molecule has 1 aromatic carbocycles. The monoisotopic (exact) mass is 277 g/mol. The molecular weight excluding hydrogens is 249 g/mol. The number of likely N-dealkylation sites (tertiary alicyclic amines) is 1. The van der Waals surface area contributed by atoms with Gasteiger partial charge in [-0.3, -0.25) is 4.90 Å². The molecule has 1 aliphatic carbocycles. The van der Waals surface area contributed by atoms with Crippen LogP contribution in [0.15, 0.2) is 24.3 Å². The van der Waals surface area contributed by atoms with E-state index in [2.05, 4.69) is 18.7 Å². The number of benzene rings is 1. The van der Waals surface area contributed by atoms with Crippen LogP contribution in [0.4, 0.5) is 4.39 Å². The number of hydrogen-bond donors (Lipinski definition) is 0. The number of nitrogens with zero attached hydrogens (tertiary/aromatic N) is 1. The zero-order valence-corrected chi connectivity index (χ0v) is 13.3. The van der Waals surface area contributed by atoms with Gasteiger partial charge in [-0.25, -0.2) is 4.39 Å². The molecule has 20 heavy (non-hydrogen) atoms. The van der Waals surface area contributed by atoms with E-state index in [1.807, 2.05) is 26.0 Å². The van der Waals surface area contributed by atoms with Crippen molar-refractivity contribution in [1.82, 2.24) is 4.90 Å². The minimum Gasteiger partial charge on any atom is -0.298 e. The Balaban J connectivity index is 0.000000704. The van der Waals surface area contributed by atoms with Gasteiger partial charge >= 0.3 is 0 Å². The normalized spacial score (nSPS) is 28.0. The van der Waals surface area contributed by atoms with E-state index in [4.69, 9.17) is 0 Å². The lowest BCUT2D eigenvalue weighted by atomic mass is 10.0. The molecule has 3 rings (SSSR count). The summed E-state index contributed by atoms with van der Waals surface area (Å²) in [6, 6.07) is 6.94. The predicted molar refractivity (Wildman–Crippen MR) is 83.0 cm³/mol. The summed E-state index contributed by atoms with van der Waals surface area (Å²) in [5.41, 5.74) is 1.23. The molecule has 2 atom stereocenters. The Kier molecular flexibility index (Phi) is 5.20. The van der Waals surface area contributed by atoms with Crippen LogP contribution in [0, 0.1) is 29.5 Å². The van der Waals surface area contributed by atoms with Crippen LogP contribution in [0.3, 0.4) is 0 Å². The quantitative estimate of drug-likeness (QED) is 0.779. The van der Waals surface area contributed by atoms with Crippen LogP contribution in [0.5, 0.6) is 0 Å². The van der Waals surface area contributed by atoms with Gasteiger partial charge in [-0.05, 0) is 47.8 Å². The van der Waals surface area contributed by atoms with Crippen molar-refractivity contribution in [1.29, 1.82) is 0 Å². The van der Waals surface area contributed by atoms with Gasteiger partial charge in [-0.2, -0.15) is 0 Å². The van der Waals surface area contributed by atoms with Crippen LogP contribution in [-0.4, -0.2) is 18.0 Å². The van der Waals surface area contributed by atoms with E-state index in [-0.39, 0.29) is 5.82 Å². The molecule has 0 spiro atoms. The zero-order valence-electron chi connectivity index (χ0n) is 13.3. The third kappa shape index (κ3) is 3.60. The second kappa shape index (κ2) is 6.71. The summed E-state index contributed by atoms with van der Waals surface area (Å²) >= 11 is 0. The van der Waals surface area contributed by atoms with Crippen LogP contribution in [0.1, 0.15) is 39.7 Å². The van der Waals surface area contributed by atoms with Crippen LogP contribution in [-0.2, 0) is 6.54 Å². The first-order chi connectivity index (χ1) is 9.63. The maximum atomic E-state index is 12.8. The summed E-state index contributed by atoms with van der Waals surface area (Å²) in [6.07, 6.45) is 1.40. The van der Waals surface area contributed by atoms with Crippen LogP contribution in [0.25, 0.3) is 0 Å². The average molecular weight is 277 g/mol. The Morgan fingerprint density at radius 3 is 2.15 bits per heavy atom. The summed E-state index contributed by atoms with van der Waals surface area (Å²) < 4.78 is 12.8. The van der Waals surface area contributed by atoms with E-state index < -0.39 is 0 Å². The number of halogens is 1.